The lowest BCUT2D eigenvalue weighted by molar-refractivity contribution is -0.124. The smallest absolute Gasteiger partial charge is 0.243 e. The molecule has 1 aromatic carbocycles. The van der Waals surface area contributed by atoms with Gasteiger partial charge in [0.2, 0.25) is 5.91 Å². The summed E-state index contributed by atoms with van der Waals surface area (Å²) in [5.74, 6) is 0.290. The number of methoxy groups -OCH3 is 1. The second-order valence-corrected chi connectivity index (χ2v) is 4.96. The minimum absolute atomic E-state index is 0.435. The SMILES string of the molecule is COc1ccc2c(c1)[nH]c(=S)n2C(C)(C)C(N)=O. The van der Waals surface area contributed by atoms with Crippen molar-refractivity contribution >= 4 is 29.2 Å². The summed E-state index contributed by atoms with van der Waals surface area (Å²) >= 11 is 5.26. The molecule has 2 rings (SSSR count). The summed E-state index contributed by atoms with van der Waals surface area (Å²) in [6.07, 6.45) is 0. The van der Waals surface area contributed by atoms with Crippen LogP contribution in [-0.2, 0) is 10.3 Å². The zero-order valence-electron chi connectivity index (χ0n) is 10.5. The molecule has 0 saturated carbocycles. The highest BCUT2D eigenvalue weighted by atomic mass is 32.1. The molecule has 0 atom stereocenters. The van der Waals surface area contributed by atoms with E-state index in [0.29, 0.717) is 4.77 Å². The summed E-state index contributed by atoms with van der Waals surface area (Å²) in [5.41, 5.74) is 6.19. The molecule has 5 nitrogen and oxygen atoms in total. The minimum Gasteiger partial charge on any atom is -0.497 e. The maximum atomic E-state index is 11.6. The summed E-state index contributed by atoms with van der Waals surface area (Å²) in [6, 6.07) is 5.50. The molecular weight excluding hydrogens is 250 g/mol. The number of nitrogens with zero attached hydrogens (tertiary/aromatic N) is 1. The number of hydrogen-bond acceptors (Lipinski definition) is 3. The molecule has 1 amide bonds. The fourth-order valence-electron chi connectivity index (χ4n) is 1.88. The van der Waals surface area contributed by atoms with Gasteiger partial charge >= 0.3 is 0 Å². The van der Waals surface area contributed by atoms with Crippen LogP contribution in [0, 0.1) is 4.77 Å². The lowest BCUT2D eigenvalue weighted by Crippen LogP contribution is -2.41. The number of primary amides is 1. The fraction of sp³-hybridized carbons (Fsp3) is 0.333. The highest BCUT2D eigenvalue weighted by molar-refractivity contribution is 7.71. The van der Waals surface area contributed by atoms with Crippen LogP contribution in [0.5, 0.6) is 5.75 Å². The quantitative estimate of drug-likeness (QED) is 0.833. The molecule has 1 aromatic heterocycles. The van der Waals surface area contributed by atoms with Gasteiger partial charge in [-0.3, -0.25) is 4.79 Å². The molecule has 0 spiro atoms. The number of rotatable bonds is 3. The Kier molecular flexibility index (Phi) is 2.90. The van der Waals surface area contributed by atoms with Crippen molar-refractivity contribution in [1.29, 1.82) is 0 Å². The molecule has 0 aliphatic rings. The van der Waals surface area contributed by atoms with E-state index < -0.39 is 11.4 Å². The number of nitrogens with one attached hydrogen (secondary N) is 1. The van der Waals surface area contributed by atoms with Crippen molar-refractivity contribution in [1.82, 2.24) is 9.55 Å². The van der Waals surface area contributed by atoms with Crippen LogP contribution in [0.15, 0.2) is 18.2 Å². The molecule has 0 bridgehead atoms. The van der Waals surface area contributed by atoms with Gasteiger partial charge in [0.25, 0.3) is 0 Å². The van der Waals surface area contributed by atoms with Crippen molar-refractivity contribution in [2.24, 2.45) is 5.73 Å². The molecule has 0 unspecified atom stereocenters. The van der Waals surface area contributed by atoms with Crippen molar-refractivity contribution in [3.8, 4) is 5.75 Å². The molecule has 18 heavy (non-hydrogen) atoms. The Morgan fingerprint density at radius 3 is 2.72 bits per heavy atom. The number of imidazole rings is 1. The van der Waals surface area contributed by atoms with Gasteiger partial charge in [0, 0.05) is 6.07 Å². The molecule has 1 heterocycles. The van der Waals surface area contributed by atoms with Crippen LogP contribution in [0.2, 0.25) is 0 Å². The maximum Gasteiger partial charge on any atom is 0.243 e. The van der Waals surface area contributed by atoms with Crippen LogP contribution in [0.4, 0.5) is 0 Å². The number of aromatic amines is 1. The van der Waals surface area contributed by atoms with Gasteiger partial charge in [0.15, 0.2) is 4.77 Å². The van der Waals surface area contributed by atoms with E-state index in [9.17, 15) is 4.79 Å². The summed E-state index contributed by atoms with van der Waals surface area (Å²) in [7, 11) is 1.60. The summed E-state index contributed by atoms with van der Waals surface area (Å²) < 4.78 is 7.33. The van der Waals surface area contributed by atoms with E-state index in [1.807, 2.05) is 18.2 Å². The Hall–Kier alpha value is -1.82. The predicted molar refractivity (Wildman–Crippen MR) is 72.2 cm³/mol. The minimum atomic E-state index is -0.885. The van der Waals surface area contributed by atoms with Gasteiger partial charge < -0.3 is 20.0 Å². The number of nitrogens with two attached hydrogens (primary N) is 1. The van der Waals surface area contributed by atoms with E-state index in [2.05, 4.69) is 4.98 Å². The molecule has 0 aliphatic carbocycles. The van der Waals surface area contributed by atoms with Gasteiger partial charge in [-0.15, -0.1) is 0 Å². The van der Waals surface area contributed by atoms with Crippen molar-refractivity contribution in [3.05, 3.63) is 23.0 Å². The zero-order chi connectivity index (χ0) is 13.5. The topological polar surface area (TPSA) is 73.0 Å². The Morgan fingerprint density at radius 1 is 1.50 bits per heavy atom. The molecule has 6 heteroatoms. The van der Waals surface area contributed by atoms with Crippen molar-refractivity contribution < 1.29 is 9.53 Å². The molecule has 0 saturated heterocycles. The summed E-state index contributed by atoms with van der Waals surface area (Å²) in [6.45, 7) is 3.48. The number of carbonyl (C=O) groups excluding carboxylic acids is 1. The lowest BCUT2D eigenvalue weighted by atomic mass is 10.0. The average molecular weight is 265 g/mol. The number of carbonyl (C=O) groups is 1. The fourth-order valence-corrected chi connectivity index (χ4v) is 2.32. The molecule has 0 aliphatic heterocycles. The van der Waals surface area contributed by atoms with Gasteiger partial charge in [0.1, 0.15) is 11.3 Å². The second-order valence-electron chi connectivity index (χ2n) is 4.57. The van der Waals surface area contributed by atoms with Crippen molar-refractivity contribution in [3.63, 3.8) is 0 Å². The number of amides is 1. The number of H-pyrrole nitrogens is 1. The van der Waals surface area contributed by atoms with Crippen LogP contribution in [0.25, 0.3) is 11.0 Å². The zero-order valence-corrected chi connectivity index (χ0v) is 11.3. The number of benzene rings is 1. The lowest BCUT2D eigenvalue weighted by Gasteiger charge is -2.23. The van der Waals surface area contributed by atoms with Gasteiger partial charge in [-0.05, 0) is 38.2 Å². The normalized spacial score (nSPS) is 11.7. The third-order valence-corrected chi connectivity index (χ3v) is 3.34. The van der Waals surface area contributed by atoms with Crippen molar-refractivity contribution in [2.75, 3.05) is 7.11 Å². The number of fused-ring (bicyclic) bond motifs is 1. The molecule has 96 valence electrons. The number of hydrogen-bond donors (Lipinski definition) is 2. The van der Waals surface area contributed by atoms with E-state index in [1.54, 1.807) is 25.5 Å². The van der Waals surface area contributed by atoms with Gasteiger partial charge in [-0.1, -0.05) is 0 Å². The second kappa shape index (κ2) is 4.13. The van der Waals surface area contributed by atoms with Crippen LogP contribution in [0.1, 0.15) is 13.8 Å². The summed E-state index contributed by atoms with van der Waals surface area (Å²) in [5, 5.41) is 0. The third-order valence-electron chi connectivity index (χ3n) is 3.05. The van der Waals surface area contributed by atoms with E-state index in [4.69, 9.17) is 22.7 Å². The maximum absolute atomic E-state index is 11.6. The first-order valence-electron chi connectivity index (χ1n) is 5.47. The Morgan fingerprint density at radius 2 is 2.17 bits per heavy atom. The van der Waals surface area contributed by atoms with Crippen LogP contribution in [0.3, 0.4) is 0 Å². The van der Waals surface area contributed by atoms with Crippen LogP contribution >= 0.6 is 12.2 Å². The number of aromatic nitrogens is 2. The largest absolute Gasteiger partial charge is 0.497 e. The molecular formula is C12H15N3O2S. The number of ether oxygens (including phenoxy) is 1. The van der Waals surface area contributed by atoms with Crippen molar-refractivity contribution in [2.45, 2.75) is 19.4 Å². The molecule has 2 aromatic rings. The first-order chi connectivity index (χ1) is 8.37. The molecule has 3 N–H and O–H groups in total. The summed E-state index contributed by atoms with van der Waals surface area (Å²) in [4.78, 5) is 14.6. The van der Waals surface area contributed by atoms with E-state index in [-0.39, 0.29) is 0 Å². The van der Waals surface area contributed by atoms with Gasteiger partial charge in [-0.25, -0.2) is 0 Å². The van der Waals surface area contributed by atoms with E-state index in [0.717, 1.165) is 16.8 Å². The monoisotopic (exact) mass is 265 g/mol. The van der Waals surface area contributed by atoms with Gasteiger partial charge in [-0.2, -0.15) is 0 Å². The first-order valence-corrected chi connectivity index (χ1v) is 5.88. The first kappa shape index (κ1) is 12.6. The highest BCUT2D eigenvalue weighted by Gasteiger charge is 2.29. The molecule has 0 fully saturated rings. The predicted octanol–water partition coefficient (Wildman–Crippen LogP) is 1.93. The third kappa shape index (κ3) is 1.78. The van der Waals surface area contributed by atoms with E-state index >= 15 is 0 Å². The Bertz CT molecular complexity index is 670. The Labute approximate surface area is 110 Å². The van der Waals surface area contributed by atoms with Gasteiger partial charge in [0.05, 0.1) is 18.1 Å². The average Bonchev–Trinajstić information content (AvgIpc) is 2.63. The van der Waals surface area contributed by atoms with E-state index in [1.165, 1.54) is 0 Å². The molecule has 0 radical (unpaired) electrons. The Balaban J connectivity index is 2.77. The van der Waals surface area contributed by atoms with Crippen LogP contribution in [-0.4, -0.2) is 22.6 Å². The standard InChI is InChI=1S/C12H15N3O2S/c1-12(2,10(13)16)15-9-5-4-7(17-3)6-8(9)14-11(15)18/h4-6H,1-3H3,(H2,13,16)(H,14,18). The van der Waals surface area contributed by atoms with Crippen LogP contribution < -0.4 is 10.5 Å². The highest BCUT2D eigenvalue weighted by Crippen LogP contribution is 2.26.